The van der Waals surface area contributed by atoms with Gasteiger partial charge in [-0.1, -0.05) is 173 Å². The minimum Gasteiger partial charge on any atom is -0.304 e. The molecule has 1 aromatic carbocycles. The van der Waals surface area contributed by atoms with Crippen molar-refractivity contribution in [1.29, 1.82) is 0 Å². The molecule has 49 heavy (non-hydrogen) atoms. The number of benzene rings is 1. The fourth-order valence-electron chi connectivity index (χ4n) is 2.87. The van der Waals surface area contributed by atoms with E-state index in [1.54, 1.807) is 12.2 Å². The molecule has 0 saturated heterocycles. The van der Waals surface area contributed by atoms with Gasteiger partial charge in [-0.3, -0.25) is 0 Å². The predicted octanol–water partition coefficient (Wildman–Crippen LogP) is 16.6. The zero-order valence-electron chi connectivity index (χ0n) is 36.3. The zero-order valence-corrected chi connectivity index (χ0v) is 36.3. The Balaban J connectivity index is -0.0000000886. The van der Waals surface area contributed by atoms with Crippen LogP contribution in [0.5, 0.6) is 0 Å². The average molecular weight is 687 g/mol. The Bertz CT molecular complexity index is 874. The topological polar surface area (TPSA) is 17.1 Å². The molecule has 288 valence electrons. The number of hydrogen-bond donors (Lipinski definition) is 0. The van der Waals surface area contributed by atoms with Crippen LogP contribution in [-0.2, 0) is 11.2 Å². The van der Waals surface area contributed by atoms with Crippen LogP contribution in [0.15, 0.2) is 97.7 Å². The summed E-state index contributed by atoms with van der Waals surface area (Å²) in [5, 5.41) is 0. The lowest BCUT2D eigenvalue weighted by Gasteiger charge is -2.09. The summed E-state index contributed by atoms with van der Waals surface area (Å²) < 4.78 is 11.7. The predicted molar refractivity (Wildman–Crippen MR) is 231 cm³/mol. The van der Waals surface area contributed by atoms with Gasteiger partial charge in [0.15, 0.2) is 0 Å². The minimum absolute atomic E-state index is 0.750. The van der Waals surface area contributed by atoms with E-state index < -0.39 is 5.67 Å². The zero-order chi connectivity index (χ0) is 40.4. The van der Waals surface area contributed by atoms with E-state index in [0.29, 0.717) is 0 Å². The third-order valence-corrected chi connectivity index (χ3v) is 5.70. The van der Waals surface area contributed by atoms with Crippen molar-refractivity contribution in [3.63, 3.8) is 0 Å². The molecule has 0 amide bonds. The van der Waals surface area contributed by atoms with Crippen molar-refractivity contribution in [1.82, 2.24) is 0 Å². The molecule has 0 fully saturated rings. The highest BCUT2D eigenvalue weighted by Crippen LogP contribution is 2.14. The summed E-state index contributed by atoms with van der Waals surface area (Å²) in [6.07, 6.45) is 17.0. The monoisotopic (exact) mass is 687 g/mol. The van der Waals surface area contributed by atoms with Crippen molar-refractivity contribution in [2.75, 3.05) is 0 Å². The van der Waals surface area contributed by atoms with E-state index in [-0.39, 0.29) is 0 Å². The first-order chi connectivity index (χ1) is 22.6. The second kappa shape index (κ2) is 47.4. The van der Waals surface area contributed by atoms with Gasteiger partial charge in [-0.2, -0.15) is 0 Å². The number of carbonyl (C=O) groups excluding carboxylic acids is 1. The molecule has 0 bridgehead atoms. The Morgan fingerprint density at radius 2 is 1.12 bits per heavy atom. The van der Waals surface area contributed by atoms with E-state index in [0.717, 1.165) is 29.3 Å². The molecule has 2 heteroatoms. The molecular formula is C47H87FO. The van der Waals surface area contributed by atoms with Gasteiger partial charge in [-0.25, -0.2) is 4.39 Å². The van der Waals surface area contributed by atoms with Gasteiger partial charge in [0, 0.05) is 0 Å². The number of aldehydes is 1. The maximum absolute atomic E-state index is 11.7. The van der Waals surface area contributed by atoms with Gasteiger partial charge >= 0.3 is 0 Å². The van der Waals surface area contributed by atoms with Gasteiger partial charge in [-0.15, -0.1) is 6.58 Å². The Kier molecular flexibility index (Phi) is 59.4. The molecule has 0 aliphatic heterocycles. The van der Waals surface area contributed by atoms with Crippen LogP contribution in [0.1, 0.15) is 167 Å². The number of rotatable bonds is 12. The van der Waals surface area contributed by atoms with Gasteiger partial charge < -0.3 is 4.79 Å². The van der Waals surface area contributed by atoms with Crippen molar-refractivity contribution in [3.8, 4) is 0 Å². The molecular weight excluding hydrogens is 600 g/mol. The number of alkyl halides is 1. The summed E-state index contributed by atoms with van der Waals surface area (Å²) in [4.78, 5) is 8.81. The molecule has 0 aliphatic carbocycles. The minimum atomic E-state index is -1.00. The fourth-order valence-corrected chi connectivity index (χ4v) is 2.87. The Morgan fingerprint density at radius 3 is 1.37 bits per heavy atom. The molecule has 1 nitrogen and oxygen atoms in total. The quantitative estimate of drug-likeness (QED) is 0.0926. The molecule has 0 N–H and O–H groups in total. The molecule has 0 aromatic heterocycles. The summed E-state index contributed by atoms with van der Waals surface area (Å²) in [6, 6.07) is 8.93. The van der Waals surface area contributed by atoms with Crippen molar-refractivity contribution >= 4 is 6.29 Å². The van der Waals surface area contributed by atoms with Crippen LogP contribution in [0.25, 0.3) is 0 Å². The largest absolute Gasteiger partial charge is 0.304 e. The van der Waals surface area contributed by atoms with Gasteiger partial charge in [-0.05, 0) is 111 Å². The van der Waals surface area contributed by atoms with E-state index in [2.05, 4.69) is 119 Å². The standard InChI is InChI=1S/C14H22.C8H10.C8H18.C5H10.C4H9F.C4H8.C2H4O.C2H6/c1-4-5-12(2)6-9-14-10-7-13(3)8-11-14;1-5-7(3)8(4)6-2;1-4-5-6-7-8(2)3;1-4-5(2)3;1-4(2,3)5;1-4(2)3;1-2-3;1-2/h7-8,10-12H,4-6,9H2,1-3H3;5-6H,1-4H2;8H,4-7H2,1-3H3;4H,1-3H3;1-3H3;1H2,2-3H3;2H,1H3;1-2H3. The molecule has 0 aliphatic rings. The van der Waals surface area contributed by atoms with Crippen molar-refractivity contribution in [2.24, 2.45) is 11.8 Å². The smallest absolute Gasteiger partial charge is 0.116 e. The molecule has 0 heterocycles. The lowest BCUT2D eigenvalue weighted by Crippen LogP contribution is -2.01. The first-order valence-corrected chi connectivity index (χ1v) is 18.6. The molecule has 0 spiro atoms. The summed E-state index contributed by atoms with van der Waals surface area (Å²) >= 11 is 0. The van der Waals surface area contributed by atoms with Crippen molar-refractivity contribution in [2.45, 2.75) is 175 Å². The lowest BCUT2D eigenvalue weighted by molar-refractivity contribution is -0.106. The Hall–Kier alpha value is -2.74. The third-order valence-electron chi connectivity index (χ3n) is 5.70. The molecule has 1 aromatic rings. The number of hydrogen-bond acceptors (Lipinski definition) is 1. The number of aryl methyl sites for hydroxylation is 2. The van der Waals surface area contributed by atoms with E-state index in [9.17, 15) is 4.39 Å². The SMILES string of the molecule is C=C(C)C.C=CC(=C)C(=C)C=C.CC.CC(C)(C)F.CC=C(C)C.CC=O.CCCC(C)CCc1ccc(C)cc1.CCCCCC(C)C. The summed E-state index contributed by atoms with van der Waals surface area (Å²) in [6.45, 7) is 51.7. The lowest BCUT2D eigenvalue weighted by atomic mass is 9.97. The highest BCUT2D eigenvalue weighted by Gasteiger charge is 2.02. The van der Waals surface area contributed by atoms with Crippen LogP contribution in [-0.4, -0.2) is 12.0 Å². The summed E-state index contributed by atoms with van der Waals surface area (Å²) in [7, 11) is 0. The second-order valence-corrected chi connectivity index (χ2v) is 13.6. The Labute approximate surface area is 310 Å². The third kappa shape index (κ3) is 92.5. The highest BCUT2D eigenvalue weighted by molar-refractivity contribution is 5.44. The van der Waals surface area contributed by atoms with Crippen molar-refractivity contribution < 1.29 is 9.18 Å². The first kappa shape index (κ1) is 61.5. The molecule has 0 radical (unpaired) electrons. The van der Waals surface area contributed by atoms with Gasteiger partial charge in [0.05, 0.1) is 0 Å². The van der Waals surface area contributed by atoms with Crippen LogP contribution < -0.4 is 0 Å². The van der Waals surface area contributed by atoms with Crippen LogP contribution in [0, 0.1) is 18.8 Å². The van der Waals surface area contributed by atoms with Crippen LogP contribution in [0.3, 0.4) is 0 Å². The van der Waals surface area contributed by atoms with Crippen LogP contribution in [0.2, 0.25) is 0 Å². The maximum atomic E-state index is 11.7. The molecule has 0 saturated carbocycles. The average Bonchev–Trinajstić information content (AvgIpc) is 3.01. The fraction of sp³-hybridized carbons (Fsp3) is 0.596. The number of halogens is 1. The number of allylic oxidation sites excluding steroid dienone is 7. The maximum Gasteiger partial charge on any atom is 0.116 e. The van der Waals surface area contributed by atoms with Crippen molar-refractivity contribution in [3.05, 3.63) is 109 Å². The van der Waals surface area contributed by atoms with E-state index >= 15 is 0 Å². The van der Waals surface area contributed by atoms with Gasteiger partial charge in [0.1, 0.15) is 12.0 Å². The van der Waals surface area contributed by atoms with Gasteiger partial charge in [0.25, 0.3) is 0 Å². The second-order valence-electron chi connectivity index (χ2n) is 13.6. The van der Waals surface area contributed by atoms with Gasteiger partial charge in [0.2, 0.25) is 0 Å². The summed E-state index contributed by atoms with van der Waals surface area (Å²) in [5.41, 5.74) is 6.05. The van der Waals surface area contributed by atoms with E-state index in [1.165, 1.54) is 101 Å². The first-order valence-electron chi connectivity index (χ1n) is 18.6. The normalized spacial score (nSPS) is 9.45. The number of unbranched alkanes of at least 4 members (excludes halogenated alkanes) is 2. The van der Waals surface area contributed by atoms with E-state index in [1.807, 2.05) is 34.6 Å². The summed E-state index contributed by atoms with van der Waals surface area (Å²) in [5.74, 6) is 1.78. The van der Waals surface area contributed by atoms with Crippen LogP contribution in [0.4, 0.5) is 4.39 Å². The molecule has 1 rings (SSSR count). The Morgan fingerprint density at radius 1 is 0.776 bits per heavy atom. The van der Waals surface area contributed by atoms with E-state index in [4.69, 9.17) is 4.79 Å². The molecule has 1 atom stereocenters. The van der Waals surface area contributed by atoms with Crippen LogP contribution >= 0.6 is 0 Å². The highest BCUT2D eigenvalue weighted by atomic mass is 19.1. The molecule has 1 unspecified atom stereocenters. The number of carbonyl (C=O) groups is 1.